The Morgan fingerprint density at radius 1 is 1.18 bits per heavy atom. The molecule has 1 N–H and O–H groups in total. The summed E-state index contributed by atoms with van der Waals surface area (Å²) in [7, 11) is 0. The van der Waals surface area contributed by atoms with Crippen molar-refractivity contribution in [3.8, 4) is 17.6 Å². The Labute approximate surface area is 197 Å². The number of benzene rings is 2. The van der Waals surface area contributed by atoms with E-state index in [1.54, 1.807) is 0 Å². The van der Waals surface area contributed by atoms with Crippen LogP contribution in [-0.4, -0.2) is 28.3 Å². The van der Waals surface area contributed by atoms with E-state index in [9.17, 15) is 18.0 Å². The van der Waals surface area contributed by atoms with Crippen molar-refractivity contribution in [3.05, 3.63) is 64.8 Å². The van der Waals surface area contributed by atoms with Crippen molar-refractivity contribution in [2.24, 2.45) is 0 Å². The van der Waals surface area contributed by atoms with Crippen molar-refractivity contribution in [2.45, 2.75) is 43.1 Å². The third kappa shape index (κ3) is 4.18. The highest BCUT2D eigenvalue weighted by Crippen LogP contribution is 2.67. The fourth-order valence-electron chi connectivity index (χ4n) is 4.59. The van der Waals surface area contributed by atoms with Crippen LogP contribution in [0.2, 0.25) is 5.02 Å². The summed E-state index contributed by atoms with van der Waals surface area (Å²) < 4.78 is 56.9. The van der Waals surface area contributed by atoms with Gasteiger partial charge in [0.25, 0.3) is 11.8 Å². The number of amides is 1. The van der Waals surface area contributed by atoms with E-state index in [1.165, 1.54) is 36.4 Å². The van der Waals surface area contributed by atoms with Crippen molar-refractivity contribution in [3.63, 3.8) is 0 Å². The molecule has 3 aliphatic carbocycles. The van der Waals surface area contributed by atoms with Gasteiger partial charge < -0.3 is 19.2 Å². The van der Waals surface area contributed by atoms with Crippen molar-refractivity contribution in [2.75, 3.05) is 6.61 Å². The zero-order chi connectivity index (χ0) is 24.1. The molecule has 3 aromatic rings. The molecule has 6 rings (SSSR count). The minimum atomic E-state index is -3.00. The van der Waals surface area contributed by atoms with Gasteiger partial charge in [0.15, 0.2) is 6.61 Å². The number of rotatable bonds is 8. The third-order valence-electron chi connectivity index (χ3n) is 6.10. The topological polar surface area (TPSA) is 86.5 Å². The number of alkyl halides is 2. The summed E-state index contributed by atoms with van der Waals surface area (Å²) in [5.74, 6) is -3.21. The molecule has 178 valence electrons. The van der Waals surface area contributed by atoms with Gasteiger partial charge in [-0.2, -0.15) is 0 Å². The Kier molecular flexibility index (Phi) is 5.23. The fraction of sp³-hybridized carbons (Fsp3) is 0.348. The van der Waals surface area contributed by atoms with Gasteiger partial charge in [0.1, 0.15) is 17.3 Å². The number of hydrogen-bond acceptors (Lipinski definition) is 6. The van der Waals surface area contributed by atoms with Gasteiger partial charge in [0.05, 0.1) is 10.4 Å². The Morgan fingerprint density at radius 3 is 2.65 bits per heavy atom. The number of carbonyl (C=O) groups excluding carboxylic acids is 1. The molecule has 0 spiro atoms. The van der Waals surface area contributed by atoms with E-state index in [-0.39, 0.29) is 51.6 Å². The first-order valence-corrected chi connectivity index (χ1v) is 10.8. The van der Waals surface area contributed by atoms with Gasteiger partial charge in [-0.05, 0) is 43.5 Å². The van der Waals surface area contributed by atoms with Gasteiger partial charge in [-0.3, -0.25) is 4.79 Å². The van der Waals surface area contributed by atoms with Gasteiger partial charge in [0.2, 0.25) is 5.89 Å². The molecule has 0 unspecified atom stereocenters. The maximum atomic E-state index is 13.5. The van der Waals surface area contributed by atoms with Gasteiger partial charge in [-0.25, -0.2) is 13.2 Å². The molecule has 2 aromatic carbocycles. The van der Waals surface area contributed by atoms with E-state index in [1.807, 2.05) is 0 Å². The number of carbonyl (C=O) groups is 1. The second kappa shape index (κ2) is 7.90. The largest absolute Gasteiger partial charge is 0.484 e. The number of aromatic nitrogens is 2. The zero-order valence-corrected chi connectivity index (χ0v) is 18.7. The number of ether oxygens (including phenoxy) is 2. The molecule has 0 aliphatic heterocycles. The Morgan fingerprint density at radius 2 is 1.94 bits per heavy atom. The van der Waals surface area contributed by atoms with Gasteiger partial charge in [-0.15, -0.1) is 5.10 Å². The SMILES string of the molecule is CC(F)(F)c1cccc(Oc2nnc(C34CC(NC(=O)COc5ccc(Cl)c(F)c5)(C3)C4)o2)c1. The monoisotopic (exact) mass is 493 g/mol. The lowest BCUT2D eigenvalue weighted by atomic mass is 9.39. The minimum absolute atomic E-state index is 0.0263. The van der Waals surface area contributed by atoms with Crippen LogP contribution in [0.3, 0.4) is 0 Å². The van der Waals surface area contributed by atoms with Crippen LogP contribution in [0.1, 0.15) is 37.6 Å². The van der Waals surface area contributed by atoms with Gasteiger partial charge in [-0.1, -0.05) is 28.8 Å². The normalized spacial score (nSPS) is 23.0. The van der Waals surface area contributed by atoms with E-state index < -0.39 is 11.7 Å². The molecule has 1 amide bonds. The molecule has 1 aromatic heterocycles. The van der Waals surface area contributed by atoms with Crippen LogP contribution in [0.15, 0.2) is 46.9 Å². The van der Waals surface area contributed by atoms with E-state index >= 15 is 0 Å². The van der Waals surface area contributed by atoms with Crippen LogP contribution in [0.25, 0.3) is 0 Å². The number of nitrogens with zero attached hydrogens (tertiary/aromatic N) is 2. The van der Waals surface area contributed by atoms with E-state index in [2.05, 4.69) is 15.5 Å². The molecule has 2 bridgehead atoms. The first-order valence-electron chi connectivity index (χ1n) is 10.5. The van der Waals surface area contributed by atoms with Crippen LogP contribution in [0, 0.1) is 5.82 Å². The highest BCUT2D eigenvalue weighted by atomic mass is 35.5. The summed E-state index contributed by atoms with van der Waals surface area (Å²) in [4.78, 5) is 12.3. The molecule has 0 atom stereocenters. The summed E-state index contributed by atoms with van der Waals surface area (Å²) in [5, 5.41) is 10.8. The highest BCUT2D eigenvalue weighted by molar-refractivity contribution is 6.30. The number of nitrogens with one attached hydrogen (secondary N) is 1. The van der Waals surface area contributed by atoms with Crippen LogP contribution >= 0.6 is 11.6 Å². The van der Waals surface area contributed by atoms with Crippen LogP contribution in [-0.2, 0) is 16.1 Å². The molecular weight excluding hydrogens is 475 g/mol. The molecule has 7 nitrogen and oxygen atoms in total. The molecule has 3 saturated carbocycles. The van der Waals surface area contributed by atoms with Crippen molar-refractivity contribution in [1.82, 2.24) is 15.5 Å². The number of hydrogen-bond donors (Lipinski definition) is 1. The van der Waals surface area contributed by atoms with E-state index in [0.717, 1.165) is 13.0 Å². The minimum Gasteiger partial charge on any atom is -0.484 e. The Hall–Kier alpha value is -3.27. The second-order valence-corrected chi connectivity index (χ2v) is 9.30. The molecule has 11 heteroatoms. The molecule has 0 saturated heterocycles. The van der Waals surface area contributed by atoms with Gasteiger partial charge >= 0.3 is 6.08 Å². The van der Waals surface area contributed by atoms with Gasteiger partial charge in [0, 0.05) is 24.1 Å². The van der Waals surface area contributed by atoms with Crippen molar-refractivity contribution < 1.29 is 31.9 Å². The maximum absolute atomic E-state index is 13.5. The Bertz CT molecular complexity index is 1240. The number of halogens is 4. The molecule has 0 radical (unpaired) electrons. The lowest BCUT2D eigenvalue weighted by Gasteiger charge is -2.68. The summed E-state index contributed by atoms with van der Waals surface area (Å²) in [6.07, 6.45) is 1.69. The van der Waals surface area contributed by atoms with Crippen molar-refractivity contribution in [1.29, 1.82) is 0 Å². The quantitative estimate of drug-likeness (QED) is 0.468. The van der Waals surface area contributed by atoms with Crippen molar-refractivity contribution >= 4 is 17.5 Å². The lowest BCUT2D eigenvalue weighted by Crippen LogP contribution is -2.77. The maximum Gasteiger partial charge on any atom is 0.420 e. The van der Waals surface area contributed by atoms with E-state index in [0.29, 0.717) is 25.2 Å². The molecule has 3 aliphatic rings. The summed E-state index contributed by atoms with van der Waals surface area (Å²) in [6, 6.07) is 9.45. The third-order valence-corrected chi connectivity index (χ3v) is 6.41. The smallest absolute Gasteiger partial charge is 0.420 e. The summed E-state index contributed by atoms with van der Waals surface area (Å²) in [6.45, 7) is 0.544. The zero-order valence-electron chi connectivity index (χ0n) is 17.9. The highest BCUT2D eigenvalue weighted by Gasteiger charge is 2.71. The molecule has 34 heavy (non-hydrogen) atoms. The molecule has 1 heterocycles. The standard InChI is InChI=1S/C23H19ClF3N3O4/c1-21(26,27)13-3-2-4-15(7-13)33-20-30-29-19(34-20)22-10-23(11-22,12-22)28-18(31)9-32-14-5-6-16(24)17(25)8-14/h2-8H,9-12H2,1H3,(H,28,31). The van der Waals surface area contributed by atoms with E-state index in [4.69, 9.17) is 25.5 Å². The molecular formula is C23H19ClF3N3O4. The predicted molar refractivity (Wildman–Crippen MR) is 114 cm³/mol. The second-order valence-electron chi connectivity index (χ2n) is 8.90. The van der Waals surface area contributed by atoms with Crippen LogP contribution in [0.4, 0.5) is 13.2 Å². The Balaban J connectivity index is 1.14. The summed E-state index contributed by atoms with van der Waals surface area (Å²) in [5.41, 5.74) is -0.908. The lowest BCUT2D eigenvalue weighted by molar-refractivity contribution is -0.143. The average molecular weight is 494 g/mol. The van der Waals surface area contributed by atoms with Crippen LogP contribution in [0.5, 0.6) is 17.6 Å². The molecule has 3 fully saturated rings. The van der Waals surface area contributed by atoms with Crippen LogP contribution < -0.4 is 14.8 Å². The fourth-order valence-corrected chi connectivity index (χ4v) is 4.71. The predicted octanol–water partition coefficient (Wildman–Crippen LogP) is 5.14. The first kappa shape index (κ1) is 22.5. The summed E-state index contributed by atoms with van der Waals surface area (Å²) >= 11 is 5.63. The average Bonchev–Trinajstić information content (AvgIpc) is 3.18. The first-order chi connectivity index (χ1) is 16.1.